The van der Waals surface area contributed by atoms with Gasteiger partial charge in [-0.1, -0.05) is 13.8 Å². The summed E-state index contributed by atoms with van der Waals surface area (Å²) in [5.74, 6) is -2.62. The fourth-order valence-electron chi connectivity index (χ4n) is 1.68. The molecule has 8 nitrogen and oxygen atoms in total. The molecule has 114 valence electrons. The van der Waals surface area contributed by atoms with Crippen molar-refractivity contribution in [2.45, 2.75) is 44.8 Å². The second-order valence-electron chi connectivity index (χ2n) is 4.97. The smallest absolute Gasteiger partial charge is 0.329 e. The zero-order chi connectivity index (χ0) is 15.5. The number of hydrogen-bond acceptors (Lipinski definition) is 6. The molecule has 0 bridgehead atoms. The summed E-state index contributed by atoms with van der Waals surface area (Å²) in [5.41, 5.74) is 0. The molecule has 9 heteroatoms. The van der Waals surface area contributed by atoms with Crippen LogP contribution in [0.5, 0.6) is 0 Å². The van der Waals surface area contributed by atoms with Gasteiger partial charge in [0, 0.05) is 12.8 Å². The van der Waals surface area contributed by atoms with E-state index in [4.69, 9.17) is 4.55 Å². The van der Waals surface area contributed by atoms with E-state index in [1.807, 2.05) is 13.8 Å². The molecule has 0 aromatic heterocycles. The van der Waals surface area contributed by atoms with E-state index in [1.165, 1.54) is 0 Å². The molecule has 1 heterocycles. The number of hydrogen-bond donors (Lipinski definition) is 1. The first-order chi connectivity index (χ1) is 9.12. The van der Waals surface area contributed by atoms with Crippen LogP contribution in [0.15, 0.2) is 0 Å². The van der Waals surface area contributed by atoms with Gasteiger partial charge in [0.25, 0.3) is 21.9 Å². The largest absolute Gasteiger partial charge is 0.353 e. The Morgan fingerprint density at radius 1 is 1.25 bits per heavy atom. The number of imide groups is 1. The molecule has 1 fully saturated rings. The summed E-state index contributed by atoms with van der Waals surface area (Å²) in [6, 6.07) is 0. The van der Waals surface area contributed by atoms with Gasteiger partial charge in [0.15, 0.2) is 5.25 Å². The topological polar surface area (TPSA) is 118 Å². The predicted molar refractivity (Wildman–Crippen MR) is 66.6 cm³/mol. The summed E-state index contributed by atoms with van der Waals surface area (Å²) in [4.78, 5) is 38.8. The van der Waals surface area contributed by atoms with Crippen LogP contribution in [-0.4, -0.2) is 41.1 Å². The zero-order valence-corrected chi connectivity index (χ0v) is 12.1. The van der Waals surface area contributed by atoms with Gasteiger partial charge in [-0.15, -0.1) is 5.06 Å². The van der Waals surface area contributed by atoms with Crippen LogP contribution in [0, 0.1) is 5.92 Å². The van der Waals surface area contributed by atoms with Crippen LogP contribution in [0.4, 0.5) is 0 Å². The van der Waals surface area contributed by atoms with E-state index in [9.17, 15) is 22.8 Å². The van der Waals surface area contributed by atoms with Crippen LogP contribution in [0.25, 0.3) is 0 Å². The average Bonchev–Trinajstić information content (AvgIpc) is 2.58. The Hall–Kier alpha value is -1.48. The SMILES string of the molecule is CC(C)CCC(C(=O)ON1C(=O)CCC1=O)S(=O)(=O)O. The third-order valence-corrected chi connectivity index (χ3v) is 3.96. The molecule has 1 unspecified atom stereocenters. The molecule has 0 radical (unpaired) electrons. The van der Waals surface area contributed by atoms with E-state index in [0.717, 1.165) is 0 Å². The number of amides is 2. The molecule has 1 rings (SSSR count). The van der Waals surface area contributed by atoms with Crippen LogP contribution >= 0.6 is 0 Å². The third kappa shape index (κ3) is 4.27. The van der Waals surface area contributed by atoms with Crippen molar-refractivity contribution in [2.24, 2.45) is 5.92 Å². The molecule has 1 atom stereocenters. The van der Waals surface area contributed by atoms with E-state index in [1.54, 1.807) is 0 Å². The third-order valence-electron chi connectivity index (χ3n) is 2.82. The number of carbonyl (C=O) groups is 3. The van der Waals surface area contributed by atoms with Crippen LogP contribution in [0.2, 0.25) is 0 Å². The molecule has 1 N–H and O–H groups in total. The number of hydroxylamine groups is 2. The molecule has 0 saturated carbocycles. The first-order valence-electron chi connectivity index (χ1n) is 6.16. The summed E-state index contributed by atoms with van der Waals surface area (Å²) < 4.78 is 31.4. The summed E-state index contributed by atoms with van der Waals surface area (Å²) in [6.45, 7) is 3.64. The summed E-state index contributed by atoms with van der Waals surface area (Å²) in [7, 11) is -4.66. The van der Waals surface area contributed by atoms with Crippen molar-refractivity contribution in [2.75, 3.05) is 0 Å². The van der Waals surface area contributed by atoms with Gasteiger partial charge in [-0.3, -0.25) is 14.1 Å². The molecule has 0 aromatic carbocycles. The summed E-state index contributed by atoms with van der Waals surface area (Å²) >= 11 is 0. The van der Waals surface area contributed by atoms with Crippen molar-refractivity contribution >= 4 is 27.9 Å². The Morgan fingerprint density at radius 3 is 2.15 bits per heavy atom. The van der Waals surface area contributed by atoms with Crippen molar-refractivity contribution in [3.63, 3.8) is 0 Å². The average molecular weight is 307 g/mol. The maximum Gasteiger partial charge on any atom is 0.353 e. The molecular formula is C11H17NO7S. The van der Waals surface area contributed by atoms with E-state index in [-0.39, 0.29) is 30.2 Å². The Labute approximate surface area is 116 Å². The highest BCUT2D eigenvalue weighted by molar-refractivity contribution is 7.87. The van der Waals surface area contributed by atoms with Crippen molar-refractivity contribution < 1.29 is 32.2 Å². The summed E-state index contributed by atoms with van der Waals surface area (Å²) in [6.07, 6.45) is 0.0380. The first-order valence-corrected chi connectivity index (χ1v) is 7.67. The molecule has 0 aromatic rings. The Balaban J connectivity index is 2.78. The standard InChI is InChI=1S/C11H17NO7S/c1-7(2)3-4-8(20(16,17)18)11(15)19-12-9(13)5-6-10(12)14/h7-8H,3-6H2,1-2H3,(H,16,17,18). The van der Waals surface area contributed by atoms with Crippen molar-refractivity contribution in [3.8, 4) is 0 Å². The van der Waals surface area contributed by atoms with Gasteiger partial charge in [0.1, 0.15) is 0 Å². The minimum Gasteiger partial charge on any atom is -0.329 e. The second kappa shape index (κ2) is 6.31. The van der Waals surface area contributed by atoms with Gasteiger partial charge < -0.3 is 4.84 Å². The minimum absolute atomic E-state index is 0.0886. The molecule has 0 aliphatic carbocycles. The van der Waals surface area contributed by atoms with Crippen LogP contribution in [0.3, 0.4) is 0 Å². The fraction of sp³-hybridized carbons (Fsp3) is 0.727. The predicted octanol–water partition coefficient (Wildman–Crippen LogP) is 0.286. The van der Waals surface area contributed by atoms with Gasteiger partial charge in [0.2, 0.25) is 0 Å². The van der Waals surface area contributed by atoms with Crippen LogP contribution in [-0.2, 0) is 29.3 Å². The van der Waals surface area contributed by atoms with E-state index in [0.29, 0.717) is 6.42 Å². The monoisotopic (exact) mass is 307 g/mol. The number of carbonyl (C=O) groups excluding carboxylic acids is 3. The van der Waals surface area contributed by atoms with E-state index < -0.39 is 33.2 Å². The fourth-order valence-corrected chi connectivity index (χ4v) is 2.40. The molecule has 20 heavy (non-hydrogen) atoms. The summed E-state index contributed by atoms with van der Waals surface area (Å²) in [5, 5.41) is -1.54. The Morgan fingerprint density at radius 2 is 1.75 bits per heavy atom. The minimum atomic E-state index is -4.66. The van der Waals surface area contributed by atoms with Gasteiger partial charge in [-0.25, -0.2) is 4.79 Å². The van der Waals surface area contributed by atoms with Crippen molar-refractivity contribution in [1.82, 2.24) is 5.06 Å². The van der Waals surface area contributed by atoms with Gasteiger partial charge in [0.05, 0.1) is 0 Å². The molecular weight excluding hydrogens is 290 g/mol. The Bertz CT molecular complexity index is 495. The van der Waals surface area contributed by atoms with Crippen LogP contribution < -0.4 is 0 Å². The highest BCUT2D eigenvalue weighted by Gasteiger charge is 2.39. The quantitative estimate of drug-likeness (QED) is 0.553. The molecule has 1 aliphatic heterocycles. The number of rotatable bonds is 6. The maximum atomic E-state index is 11.7. The van der Waals surface area contributed by atoms with Gasteiger partial charge in [-0.05, 0) is 18.8 Å². The lowest BCUT2D eigenvalue weighted by Crippen LogP contribution is -2.39. The van der Waals surface area contributed by atoms with Crippen molar-refractivity contribution in [1.29, 1.82) is 0 Å². The lowest BCUT2D eigenvalue weighted by Gasteiger charge is -2.17. The zero-order valence-electron chi connectivity index (χ0n) is 11.2. The lowest BCUT2D eigenvalue weighted by molar-refractivity contribution is -0.197. The Kier molecular flexibility index (Phi) is 5.23. The molecule has 1 aliphatic rings. The van der Waals surface area contributed by atoms with Crippen LogP contribution in [0.1, 0.15) is 39.5 Å². The van der Waals surface area contributed by atoms with Gasteiger partial charge in [-0.2, -0.15) is 8.42 Å². The van der Waals surface area contributed by atoms with E-state index in [2.05, 4.69) is 4.84 Å². The second-order valence-corrected chi connectivity index (χ2v) is 6.57. The highest BCUT2D eigenvalue weighted by Crippen LogP contribution is 2.18. The number of nitrogens with zero attached hydrogens (tertiary/aromatic N) is 1. The molecule has 1 saturated heterocycles. The van der Waals surface area contributed by atoms with E-state index >= 15 is 0 Å². The molecule has 2 amide bonds. The van der Waals surface area contributed by atoms with Crippen molar-refractivity contribution in [3.05, 3.63) is 0 Å². The highest BCUT2D eigenvalue weighted by atomic mass is 32.2. The molecule has 0 spiro atoms. The first kappa shape index (κ1) is 16.6. The lowest BCUT2D eigenvalue weighted by atomic mass is 10.1. The van der Waals surface area contributed by atoms with Gasteiger partial charge >= 0.3 is 5.97 Å². The maximum absolute atomic E-state index is 11.7. The normalized spacial score (nSPS) is 17.7.